The Balaban J connectivity index is 1.52. The lowest BCUT2D eigenvalue weighted by Crippen LogP contribution is -2.57. The maximum absolute atomic E-state index is 12.5. The first-order chi connectivity index (χ1) is 11.0. The number of carbonyl (C=O) groups is 3. The number of piperazine rings is 1. The molecule has 0 atom stereocenters. The summed E-state index contributed by atoms with van der Waals surface area (Å²) in [5, 5.41) is 3.41. The third kappa shape index (κ3) is 3.20. The van der Waals surface area contributed by atoms with Crippen LogP contribution in [0.1, 0.15) is 26.2 Å². The van der Waals surface area contributed by atoms with Gasteiger partial charge in [0.15, 0.2) is 0 Å². The first-order valence-corrected chi connectivity index (χ1v) is 8.61. The van der Waals surface area contributed by atoms with E-state index in [4.69, 9.17) is 0 Å². The summed E-state index contributed by atoms with van der Waals surface area (Å²) in [5.41, 5.74) is 0.370. The zero-order valence-electron chi connectivity index (χ0n) is 13.8. The molecule has 3 amide bonds. The van der Waals surface area contributed by atoms with Crippen molar-refractivity contribution in [2.75, 3.05) is 52.4 Å². The average Bonchev–Trinajstić information content (AvgIpc) is 3.01. The summed E-state index contributed by atoms with van der Waals surface area (Å²) in [6, 6.07) is 0. The topological polar surface area (TPSA) is 73.0 Å². The molecule has 7 nitrogen and oxygen atoms in total. The molecule has 1 N–H and O–H groups in total. The van der Waals surface area contributed by atoms with Crippen LogP contribution in [-0.4, -0.2) is 84.8 Å². The van der Waals surface area contributed by atoms with Crippen LogP contribution in [-0.2, 0) is 14.4 Å². The highest BCUT2D eigenvalue weighted by Gasteiger charge is 2.39. The van der Waals surface area contributed by atoms with E-state index in [2.05, 4.69) is 5.32 Å². The van der Waals surface area contributed by atoms with Crippen LogP contribution in [0.4, 0.5) is 0 Å². The minimum absolute atomic E-state index is 0.0306. The molecule has 3 aliphatic rings. The fraction of sp³-hybridized carbons (Fsp3) is 0.812. The number of carbonyl (C=O) groups excluding carboxylic acids is 3. The molecule has 3 saturated heterocycles. The number of amides is 3. The fourth-order valence-corrected chi connectivity index (χ4v) is 3.88. The van der Waals surface area contributed by atoms with Crippen molar-refractivity contribution in [3.63, 3.8) is 0 Å². The number of hydrogen-bond acceptors (Lipinski definition) is 4. The molecule has 0 radical (unpaired) electrons. The molecule has 0 bridgehead atoms. The maximum atomic E-state index is 12.5. The molecular weight excluding hydrogens is 296 g/mol. The van der Waals surface area contributed by atoms with E-state index in [1.165, 1.54) is 16.2 Å². The molecule has 0 aliphatic carbocycles. The van der Waals surface area contributed by atoms with Crippen LogP contribution in [0.5, 0.6) is 0 Å². The Kier molecular flexibility index (Phi) is 4.57. The normalized spacial score (nSPS) is 24.7. The summed E-state index contributed by atoms with van der Waals surface area (Å²) < 4.78 is 0. The number of likely N-dealkylation sites (tertiary alicyclic amines) is 1. The van der Waals surface area contributed by atoms with Gasteiger partial charge in [-0.25, -0.2) is 0 Å². The van der Waals surface area contributed by atoms with Crippen molar-refractivity contribution in [2.24, 2.45) is 5.41 Å². The van der Waals surface area contributed by atoms with E-state index in [9.17, 15) is 14.4 Å². The number of hydrogen-bond donors (Lipinski definition) is 1. The third-order valence-electron chi connectivity index (χ3n) is 5.61. The van der Waals surface area contributed by atoms with Crippen LogP contribution < -0.4 is 5.32 Å². The monoisotopic (exact) mass is 322 g/mol. The lowest BCUT2D eigenvalue weighted by molar-refractivity contribution is -0.157. The SMILES string of the molecule is CCN1CCN(CC(=O)N2CCC3(CCNC3)CC2)C(=O)C1=O. The van der Waals surface area contributed by atoms with Crippen LogP contribution in [0.25, 0.3) is 0 Å². The Morgan fingerprint density at radius 3 is 2.30 bits per heavy atom. The molecule has 3 fully saturated rings. The molecule has 0 aromatic carbocycles. The molecule has 0 saturated carbocycles. The van der Waals surface area contributed by atoms with Gasteiger partial charge in [0.25, 0.3) is 0 Å². The predicted octanol–water partition coefficient (Wildman–Crippen LogP) is -0.721. The molecule has 3 rings (SSSR count). The Bertz CT molecular complexity index is 492. The lowest BCUT2D eigenvalue weighted by Gasteiger charge is -2.40. The second kappa shape index (κ2) is 6.47. The second-order valence-electron chi connectivity index (χ2n) is 6.92. The van der Waals surface area contributed by atoms with E-state index in [1.807, 2.05) is 11.8 Å². The predicted molar refractivity (Wildman–Crippen MR) is 84.6 cm³/mol. The molecule has 7 heteroatoms. The Morgan fingerprint density at radius 1 is 1.04 bits per heavy atom. The second-order valence-corrected chi connectivity index (χ2v) is 6.92. The quantitative estimate of drug-likeness (QED) is 0.696. The summed E-state index contributed by atoms with van der Waals surface area (Å²) in [7, 11) is 0. The van der Waals surface area contributed by atoms with E-state index in [1.54, 1.807) is 0 Å². The number of nitrogens with zero attached hydrogens (tertiary/aromatic N) is 3. The Morgan fingerprint density at radius 2 is 1.70 bits per heavy atom. The van der Waals surface area contributed by atoms with Crippen molar-refractivity contribution in [1.82, 2.24) is 20.0 Å². The minimum atomic E-state index is -0.542. The fourth-order valence-electron chi connectivity index (χ4n) is 3.88. The van der Waals surface area contributed by atoms with Gasteiger partial charge in [-0.15, -0.1) is 0 Å². The summed E-state index contributed by atoms with van der Waals surface area (Å²) in [4.78, 5) is 41.2. The summed E-state index contributed by atoms with van der Waals surface area (Å²) in [5.74, 6) is -1.06. The zero-order chi connectivity index (χ0) is 16.4. The van der Waals surface area contributed by atoms with Crippen molar-refractivity contribution in [2.45, 2.75) is 26.2 Å². The number of nitrogens with one attached hydrogen (secondary N) is 1. The van der Waals surface area contributed by atoms with Gasteiger partial charge in [0.05, 0.1) is 0 Å². The number of piperidine rings is 1. The number of likely N-dealkylation sites (N-methyl/N-ethyl adjacent to an activating group) is 1. The lowest BCUT2D eigenvalue weighted by atomic mass is 9.78. The molecule has 0 aromatic heterocycles. The Hall–Kier alpha value is -1.63. The minimum Gasteiger partial charge on any atom is -0.341 e. The first-order valence-electron chi connectivity index (χ1n) is 8.61. The van der Waals surface area contributed by atoms with Crippen molar-refractivity contribution in [1.29, 1.82) is 0 Å². The van der Waals surface area contributed by atoms with Gasteiger partial charge < -0.3 is 20.0 Å². The van der Waals surface area contributed by atoms with Crippen molar-refractivity contribution < 1.29 is 14.4 Å². The van der Waals surface area contributed by atoms with Crippen LogP contribution in [0, 0.1) is 5.41 Å². The van der Waals surface area contributed by atoms with Gasteiger partial charge in [0.1, 0.15) is 6.54 Å². The molecular formula is C16H26N4O3. The average molecular weight is 322 g/mol. The highest BCUT2D eigenvalue weighted by molar-refractivity contribution is 6.35. The van der Waals surface area contributed by atoms with Crippen molar-refractivity contribution >= 4 is 17.7 Å². The molecule has 23 heavy (non-hydrogen) atoms. The molecule has 3 heterocycles. The Labute approximate surface area is 137 Å². The third-order valence-corrected chi connectivity index (χ3v) is 5.61. The molecule has 1 spiro atoms. The van der Waals surface area contributed by atoms with Crippen LogP contribution >= 0.6 is 0 Å². The maximum Gasteiger partial charge on any atom is 0.312 e. The van der Waals surface area contributed by atoms with E-state index in [-0.39, 0.29) is 12.5 Å². The largest absolute Gasteiger partial charge is 0.341 e. The van der Waals surface area contributed by atoms with Gasteiger partial charge in [0, 0.05) is 39.3 Å². The first kappa shape index (κ1) is 16.2. The zero-order valence-corrected chi connectivity index (χ0v) is 13.8. The highest BCUT2D eigenvalue weighted by atomic mass is 16.2. The van der Waals surface area contributed by atoms with Crippen molar-refractivity contribution in [3.05, 3.63) is 0 Å². The van der Waals surface area contributed by atoms with E-state index in [0.717, 1.165) is 39.0 Å². The summed E-state index contributed by atoms with van der Waals surface area (Å²) in [6.07, 6.45) is 3.26. The van der Waals surface area contributed by atoms with Crippen molar-refractivity contribution in [3.8, 4) is 0 Å². The van der Waals surface area contributed by atoms with Gasteiger partial charge in [-0.05, 0) is 38.1 Å². The van der Waals surface area contributed by atoms with Crippen LogP contribution in [0.2, 0.25) is 0 Å². The van der Waals surface area contributed by atoms with E-state index in [0.29, 0.717) is 25.0 Å². The van der Waals surface area contributed by atoms with E-state index >= 15 is 0 Å². The molecule has 3 aliphatic heterocycles. The molecule has 0 unspecified atom stereocenters. The number of rotatable bonds is 3. The van der Waals surface area contributed by atoms with Gasteiger partial charge >= 0.3 is 11.8 Å². The van der Waals surface area contributed by atoms with Gasteiger partial charge in [-0.1, -0.05) is 0 Å². The van der Waals surface area contributed by atoms with Gasteiger partial charge in [-0.2, -0.15) is 0 Å². The molecule has 128 valence electrons. The highest BCUT2D eigenvalue weighted by Crippen LogP contribution is 2.36. The van der Waals surface area contributed by atoms with Crippen LogP contribution in [0.3, 0.4) is 0 Å². The summed E-state index contributed by atoms with van der Waals surface area (Å²) in [6.45, 7) is 7.05. The van der Waals surface area contributed by atoms with Gasteiger partial charge in [0.2, 0.25) is 5.91 Å². The smallest absolute Gasteiger partial charge is 0.312 e. The standard InChI is InChI=1S/C16H26N4O3/c1-2-18-9-10-20(15(23)14(18)22)11-13(21)19-7-4-16(5-8-19)3-6-17-12-16/h17H,2-12H2,1H3. The van der Waals surface area contributed by atoms with Crippen LogP contribution in [0.15, 0.2) is 0 Å². The van der Waals surface area contributed by atoms with Gasteiger partial charge in [-0.3, -0.25) is 14.4 Å². The summed E-state index contributed by atoms with van der Waals surface area (Å²) >= 11 is 0. The van der Waals surface area contributed by atoms with E-state index < -0.39 is 11.8 Å². The molecule has 0 aromatic rings.